The van der Waals surface area contributed by atoms with Gasteiger partial charge in [-0.1, -0.05) is 101 Å². The fraction of sp³-hybridized carbons (Fsp3) is 0. The molecule has 0 aliphatic rings. The van der Waals surface area contributed by atoms with Crippen molar-refractivity contribution in [1.82, 2.24) is 9.97 Å². The average Bonchev–Trinajstić information content (AvgIpc) is 2.85. The molecule has 3 heteroatoms. The van der Waals surface area contributed by atoms with Gasteiger partial charge in [-0.2, -0.15) is 4.57 Å². The van der Waals surface area contributed by atoms with Gasteiger partial charge in [0.1, 0.15) is 23.8 Å². The summed E-state index contributed by atoms with van der Waals surface area (Å²) in [6.45, 7) is 0. The summed E-state index contributed by atoms with van der Waals surface area (Å²) in [6.07, 6.45) is 3.56. The standard InChI is InChI=1S/C27H20N3/c1-4-11-21(12-5-1)24-19-25(22-13-6-2-7-14-22)30(27-28-17-10-18-29-27)26(20-24)23-15-8-3-9-16-23/h1-20H/q+1. The maximum atomic E-state index is 4.58. The molecule has 0 atom stereocenters. The van der Waals surface area contributed by atoms with Crippen molar-refractivity contribution in [3.63, 3.8) is 0 Å². The second kappa shape index (κ2) is 8.10. The molecule has 5 aromatic rings. The van der Waals surface area contributed by atoms with Crippen LogP contribution in [0.5, 0.6) is 0 Å². The molecule has 30 heavy (non-hydrogen) atoms. The van der Waals surface area contributed by atoms with E-state index in [-0.39, 0.29) is 0 Å². The van der Waals surface area contributed by atoms with Crippen molar-refractivity contribution in [3.8, 4) is 39.6 Å². The van der Waals surface area contributed by atoms with Gasteiger partial charge in [0.2, 0.25) is 0 Å². The third kappa shape index (κ3) is 3.49. The van der Waals surface area contributed by atoms with Gasteiger partial charge >= 0.3 is 5.95 Å². The van der Waals surface area contributed by atoms with Crippen molar-refractivity contribution in [2.75, 3.05) is 0 Å². The summed E-state index contributed by atoms with van der Waals surface area (Å²) in [5.74, 6) is 0.648. The molecule has 0 amide bonds. The number of rotatable bonds is 4. The van der Waals surface area contributed by atoms with Crippen molar-refractivity contribution in [2.45, 2.75) is 0 Å². The molecule has 3 nitrogen and oxygen atoms in total. The molecule has 2 aromatic heterocycles. The lowest BCUT2D eigenvalue weighted by molar-refractivity contribution is -0.580. The SMILES string of the molecule is c1ccc(-c2cc(-c3ccccc3)[n+](-c3ncccn3)c(-c3ccccc3)c2)cc1. The maximum Gasteiger partial charge on any atom is 0.438 e. The van der Waals surface area contributed by atoms with Crippen molar-refractivity contribution < 1.29 is 4.57 Å². The summed E-state index contributed by atoms with van der Waals surface area (Å²) >= 11 is 0. The third-order valence-electron chi connectivity index (χ3n) is 5.06. The van der Waals surface area contributed by atoms with Crippen LogP contribution in [0.4, 0.5) is 0 Å². The average molecular weight is 386 g/mol. The van der Waals surface area contributed by atoms with E-state index in [1.807, 2.05) is 24.3 Å². The molecule has 0 bridgehead atoms. The van der Waals surface area contributed by atoms with Crippen molar-refractivity contribution >= 4 is 0 Å². The molecule has 0 unspecified atom stereocenters. The minimum Gasteiger partial charge on any atom is -0.191 e. The number of aromatic nitrogens is 3. The first kappa shape index (κ1) is 18.0. The van der Waals surface area contributed by atoms with E-state index >= 15 is 0 Å². The Hall–Kier alpha value is -4.11. The van der Waals surface area contributed by atoms with Crippen LogP contribution < -0.4 is 4.57 Å². The Balaban J connectivity index is 1.88. The van der Waals surface area contributed by atoms with Crippen LogP contribution >= 0.6 is 0 Å². The van der Waals surface area contributed by atoms with Crippen LogP contribution in [0.15, 0.2) is 122 Å². The summed E-state index contributed by atoms with van der Waals surface area (Å²) in [5, 5.41) is 0. The first-order chi connectivity index (χ1) is 14.9. The molecule has 5 rings (SSSR count). The van der Waals surface area contributed by atoms with Crippen LogP contribution in [0, 0.1) is 0 Å². The highest BCUT2D eigenvalue weighted by Crippen LogP contribution is 2.29. The molecule has 0 N–H and O–H groups in total. The molecule has 0 spiro atoms. The highest BCUT2D eigenvalue weighted by molar-refractivity contribution is 5.74. The lowest BCUT2D eigenvalue weighted by Crippen LogP contribution is -2.38. The van der Waals surface area contributed by atoms with E-state index in [4.69, 9.17) is 0 Å². The zero-order valence-electron chi connectivity index (χ0n) is 16.4. The van der Waals surface area contributed by atoms with Gasteiger partial charge in [0.25, 0.3) is 0 Å². The second-order valence-electron chi connectivity index (χ2n) is 7.00. The number of pyridine rings is 1. The van der Waals surface area contributed by atoms with E-state index < -0.39 is 0 Å². The van der Waals surface area contributed by atoms with E-state index in [9.17, 15) is 0 Å². The van der Waals surface area contributed by atoms with Gasteiger partial charge in [-0.3, -0.25) is 0 Å². The van der Waals surface area contributed by atoms with E-state index in [2.05, 4.69) is 99.5 Å². The van der Waals surface area contributed by atoms with Gasteiger partial charge in [-0.15, -0.1) is 0 Å². The predicted molar refractivity (Wildman–Crippen MR) is 120 cm³/mol. The number of benzene rings is 3. The quantitative estimate of drug-likeness (QED) is 0.368. The molecular weight excluding hydrogens is 366 g/mol. The molecule has 0 saturated carbocycles. The van der Waals surface area contributed by atoms with Crippen LogP contribution in [-0.2, 0) is 0 Å². The molecule has 0 saturated heterocycles. The van der Waals surface area contributed by atoms with Gasteiger partial charge in [0, 0.05) is 17.2 Å². The van der Waals surface area contributed by atoms with Gasteiger partial charge < -0.3 is 0 Å². The van der Waals surface area contributed by atoms with Crippen LogP contribution in [0.3, 0.4) is 0 Å². The summed E-state index contributed by atoms with van der Waals surface area (Å²) in [6, 6.07) is 37.5. The lowest BCUT2D eigenvalue weighted by atomic mass is 9.99. The molecule has 2 heterocycles. The molecule has 0 fully saturated rings. The predicted octanol–water partition coefficient (Wildman–Crippen LogP) is 5.75. The Kier molecular flexibility index (Phi) is 4.84. The fourth-order valence-corrected chi connectivity index (χ4v) is 3.66. The van der Waals surface area contributed by atoms with Gasteiger partial charge in [0.05, 0.1) is 0 Å². The zero-order chi connectivity index (χ0) is 20.2. The van der Waals surface area contributed by atoms with E-state index in [1.165, 1.54) is 5.56 Å². The molecule has 3 aromatic carbocycles. The van der Waals surface area contributed by atoms with Gasteiger partial charge in [0.15, 0.2) is 0 Å². The Labute approximate surface area is 176 Å². The summed E-state index contributed by atoms with van der Waals surface area (Å²) in [5.41, 5.74) is 6.64. The topological polar surface area (TPSA) is 29.7 Å². The van der Waals surface area contributed by atoms with E-state index in [0.717, 1.165) is 28.1 Å². The van der Waals surface area contributed by atoms with Gasteiger partial charge in [-0.25, -0.2) is 0 Å². The first-order valence-corrected chi connectivity index (χ1v) is 9.94. The van der Waals surface area contributed by atoms with Crippen LogP contribution in [0.25, 0.3) is 39.6 Å². The largest absolute Gasteiger partial charge is 0.438 e. The molecule has 0 aliphatic carbocycles. The third-order valence-corrected chi connectivity index (χ3v) is 5.06. The molecule has 0 radical (unpaired) electrons. The number of nitrogens with zero attached hydrogens (tertiary/aromatic N) is 3. The molecule has 0 aliphatic heterocycles. The lowest BCUT2D eigenvalue weighted by Gasteiger charge is -2.15. The molecular formula is C27H20N3+. The monoisotopic (exact) mass is 386 g/mol. The fourth-order valence-electron chi connectivity index (χ4n) is 3.66. The Bertz CT molecular complexity index is 1190. The minimum absolute atomic E-state index is 0.648. The van der Waals surface area contributed by atoms with E-state index in [0.29, 0.717) is 5.95 Å². The minimum atomic E-state index is 0.648. The highest BCUT2D eigenvalue weighted by Gasteiger charge is 2.22. The number of hydrogen-bond donors (Lipinski definition) is 0. The van der Waals surface area contributed by atoms with Gasteiger partial charge in [-0.05, 0) is 23.3 Å². The molecule has 142 valence electrons. The first-order valence-electron chi connectivity index (χ1n) is 9.94. The number of hydrogen-bond acceptors (Lipinski definition) is 2. The Morgan fingerprint density at radius 1 is 0.433 bits per heavy atom. The normalized spacial score (nSPS) is 10.7. The van der Waals surface area contributed by atoms with Crippen LogP contribution in [-0.4, -0.2) is 9.97 Å². The van der Waals surface area contributed by atoms with Crippen LogP contribution in [0.1, 0.15) is 0 Å². The Morgan fingerprint density at radius 2 is 0.867 bits per heavy atom. The van der Waals surface area contributed by atoms with Crippen molar-refractivity contribution in [2.24, 2.45) is 0 Å². The van der Waals surface area contributed by atoms with Crippen molar-refractivity contribution in [3.05, 3.63) is 122 Å². The maximum absolute atomic E-state index is 4.58. The highest BCUT2D eigenvalue weighted by atomic mass is 15.2. The van der Waals surface area contributed by atoms with Crippen LogP contribution in [0.2, 0.25) is 0 Å². The summed E-state index contributed by atoms with van der Waals surface area (Å²) in [7, 11) is 0. The summed E-state index contributed by atoms with van der Waals surface area (Å²) < 4.78 is 2.14. The zero-order valence-corrected chi connectivity index (χ0v) is 16.4. The van der Waals surface area contributed by atoms with E-state index in [1.54, 1.807) is 12.4 Å². The smallest absolute Gasteiger partial charge is 0.191 e. The summed E-state index contributed by atoms with van der Waals surface area (Å²) in [4.78, 5) is 9.15. The van der Waals surface area contributed by atoms with Crippen molar-refractivity contribution in [1.29, 1.82) is 0 Å². The Morgan fingerprint density at radius 3 is 1.33 bits per heavy atom. The second-order valence-corrected chi connectivity index (χ2v) is 7.00.